The Hall–Kier alpha value is -1.05. The molecule has 0 fully saturated rings. The molecule has 2 rings (SSSR count). The number of pyridine rings is 1. The van der Waals surface area contributed by atoms with Crippen molar-refractivity contribution in [3.63, 3.8) is 0 Å². The van der Waals surface area contributed by atoms with E-state index in [2.05, 4.69) is 18.0 Å². The van der Waals surface area contributed by atoms with Crippen LogP contribution in [0.2, 0.25) is 0 Å². The molecule has 0 saturated carbocycles. The van der Waals surface area contributed by atoms with E-state index in [4.69, 9.17) is 4.74 Å². The maximum Gasteiger partial charge on any atom is 0.213 e. The number of hydrogen-bond donors (Lipinski definition) is 0. The van der Waals surface area contributed by atoms with Gasteiger partial charge in [0.15, 0.2) is 0 Å². The molecule has 0 saturated heterocycles. The monoisotopic (exact) mass is 163 g/mol. The lowest BCUT2D eigenvalue weighted by Gasteiger charge is -2.00. The van der Waals surface area contributed by atoms with Crippen LogP contribution in [0.5, 0.6) is 5.88 Å². The maximum absolute atomic E-state index is 5.06. The number of nitrogens with zero attached hydrogens (tertiary/aromatic N) is 1. The summed E-state index contributed by atoms with van der Waals surface area (Å²) < 4.78 is 5.06. The summed E-state index contributed by atoms with van der Waals surface area (Å²) in [6, 6.07) is 2.05. The molecule has 1 unspecified atom stereocenters. The van der Waals surface area contributed by atoms with Crippen molar-refractivity contribution in [1.29, 1.82) is 0 Å². The third-order valence-electron chi connectivity index (χ3n) is 2.40. The average molecular weight is 163 g/mol. The van der Waals surface area contributed by atoms with Gasteiger partial charge in [0.1, 0.15) is 0 Å². The standard InChI is InChI=1S/C10H13NO/c1-7-3-8-5-10(12-2)11-6-9(8)4-7/h5-7H,3-4H2,1-2H3. The fourth-order valence-corrected chi connectivity index (χ4v) is 1.81. The third-order valence-corrected chi connectivity index (χ3v) is 2.40. The summed E-state index contributed by atoms with van der Waals surface area (Å²) in [6.07, 6.45) is 4.29. The molecule has 0 aliphatic heterocycles. The van der Waals surface area contributed by atoms with E-state index < -0.39 is 0 Å². The van der Waals surface area contributed by atoms with Gasteiger partial charge in [0.25, 0.3) is 0 Å². The Bertz CT molecular complexity index is 296. The summed E-state index contributed by atoms with van der Waals surface area (Å²) in [5.41, 5.74) is 2.80. The van der Waals surface area contributed by atoms with Gasteiger partial charge in [-0.2, -0.15) is 0 Å². The van der Waals surface area contributed by atoms with Crippen LogP contribution in [-0.4, -0.2) is 12.1 Å². The van der Waals surface area contributed by atoms with Crippen LogP contribution in [0.25, 0.3) is 0 Å². The van der Waals surface area contributed by atoms with Gasteiger partial charge in [-0.05, 0) is 29.9 Å². The highest BCUT2D eigenvalue weighted by Gasteiger charge is 2.18. The normalized spacial score (nSPS) is 20.7. The molecular formula is C10H13NO. The summed E-state index contributed by atoms with van der Waals surface area (Å²) in [7, 11) is 1.66. The zero-order valence-corrected chi connectivity index (χ0v) is 7.50. The fraction of sp³-hybridized carbons (Fsp3) is 0.500. The molecule has 12 heavy (non-hydrogen) atoms. The van der Waals surface area contributed by atoms with E-state index >= 15 is 0 Å². The van der Waals surface area contributed by atoms with Crippen molar-refractivity contribution in [3.05, 3.63) is 23.4 Å². The first kappa shape index (κ1) is 7.59. The lowest BCUT2D eigenvalue weighted by Crippen LogP contribution is -1.90. The SMILES string of the molecule is COc1cc2c(cn1)CC(C)C2. The molecule has 1 aromatic heterocycles. The van der Waals surface area contributed by atoms with E-state index in [9.17, 15) is 0 Å². The predicted molar refractivity (Wildman–Crippen MR) is 47.4 cm³/mol. The smallest absolute Gasteiger partial charge is 0.213 e. The van der Waals surface area contributed by atoms with Gasteiger partial charge in [-0.3, -0.25) is 0 Å². The van der Waals surface area contributed by atoms with Gasteiger partial charge in [0.05, 0.1) is 7.11 Å². The van der Waals surface area contributed by atoms with Crippen molar-refractivity contribution in [2.24, 2.45) is 5.92 Å². The number of methoxy groups -OCH3 is 1. The Labute approximate surface area is 72.6 Å². The van der Waals surface area contributed by atoms with E-state index in [-0.39, 0.29) is 0 Å². The van der Waals surface area contributed by atoms with E-state index in [1.807, 2.05) is 6.20 Å². The van der Waals surface area contributed by atoms with Gasteiger partial charge in [0.2, 0.25) is 5.88 Å². The van der Waals surface area contributed by atoms with Crippen molar-refractivity contribution in [2.45, 2.75) is 19.8 Å². The second-order valence-corrected chi connectivity index (χ2v) is 3.51. The number of rotatable bonds is 1. The predicted octanol–water partition coefficient (Wildman–Crippen LogP) is 1.82. The maximum atomic E-state index is 5.06. The van der Waals surface area contributed by atoms with E-state index in [0.29, 0.717) is 0 Å². The first-order valence-corrected chi connectivity index (χ1v) is 4.31. The lowest BCUT2D eigenvalue weighted by atomic mass is 10.1. The van der Waals surface area contributed by atoms with Crippen molar-refractivity contribution < 1.29 is 4.74 Å². The zero-order valence-electron chi connectivity index (χ0n) is 7.50. The van der Waals surface area contributed by atoms with E-state index in [1.54, 1.807) is 7.11 Å². The molecule has 1 heterocycles. The second-order valence-electron chi connectivity index (χ2n) is 3.51. The molecule has 0 aromatic carbocycles. The summed E-state index contributed by atoms with van der Waals surface area (Å²) in [4.78, 5) is 4.18. The minimum absolute atomic E-state index is 0.739. The van der Waals surface area contributed by atoms with Crippen LogP contribution in [0.4, 0.5) is 0 Å². The van der Waals surface area contributed by atoms with E-state index in [1.165, 1.54) is 24.0 Å². The molecule has 1 aromatic rings. The van der Waals surface area contributed by atoms with Gasteiger partial charge in [-0.1, -0.05) is 6.92 Å². The van der Waals surface area contributed by atoms with Crippen LogP contribution in [0.15, 0.2) is 12.3 Å². The molecule has 0 spiro atoms. The molecule has 0 radical (unpaired) electrons. The van der Waals surface area contributed by atoms with E-state index in [0.717, 1.165) is 11.8 Å². The lowest BCUT2D eigenvalue weighted by molar-refractivity contribution is 0.397. The van der Waals surface area contributed by atoms with Gasteiger partial charge in [-0.15, -0.1) is 0 Å². The first-order chi connectivity index (χ1) is 5.79. The third kappa shape index (κ3) is 1.17. The quantitative estimate of drug-likeness (QED) is 0.630. The van der Waals surface area contributed by atoms with Crippen LogP contribution in [-0.2, 0) is 12.8 Å². The van der Waals surface area contributed by atoms with Crippen LogP contribution in [0.3, 0.4) is 0 Å². The van der Waals surface area contributed by atoms with Crippen LogP contribution in [0, 0.1) is 5.92 Å². The average Bonchev–Trinajstić information content (AvgIpc) is 2.43. The second kappa shape index (κ2) is 2.77. The largest absolute Gasteiger partial charge is 0.481 e. The van der Waals surface area contributed by atoms with Crippen molar-refractivity contribution in [3.8, 4) is 5.88 Å². The summed E-state index contributed by atoms with van der Waals surface area (Å²) in [5, 5.41) is 0. The number of aromatic nitrogens is 1. The molecule has 0 amide bonds. The van der Waals surface area contributed by atoms with Gasteiger partial charge in [-0.25, -0.2) is 4.98 Å². The molecule has 2 nitrogen and oxygen atoms in total. The highest BCUT2D eigenvalue weighted by Crippen LogP contribution is 2.27. The van der Waals surface area contributed by atoms with Crippen LogP contribution >= 0.6 is 0 Å². The molecular weight excluding hydrogens is 150 g/mol. The Morgan fingerprint density at radius 2 is 2.17 bits per heavy atom. The topological polar surface area (TPSA) is 22.1 Å². The highest BCUT2D eigenvalue weighted by molar-refractivity contribution is 5.33. The van der Waals surface area contributed by atoms with Crippen molar-refractivity contribution in [1.82, 2.24) is 4.98 Å². The molecule has 1 aliphatic carbocycles. The zero-order chi connectivity index (χ0) is 8.55. The molecule has 2 heteroatoms. The van der Waals surface area contributed by atoms with Crippen LogP contribution in [0.1, 0.15) is 18.1 Å². The molecule has 1 aliphatic rings. The Balaban J connectivity index is 2.35. The van der Waals surface area contributed by atoms with Crippen molar-refractivity contribution in [2.75, 3.05) is 7.11 Å². The Morgan fingerprint density at radius 3 is 2.92 bits per heavy atom. The van der Waals surface area contributed by atoms with Gasteiger partial charge in [0, 0.05) is 12.3 Å². The Morgan fingerprint density at radius 1 is 1.42 bits per heavy atom. The molecule has 64 valence electrons. The highest BCUT2D eigenvalue weighted by atomic mass is 16.5. The number of ether oxygens (including phenoxy) is 1. The van der Waals surface area contributed by atoms with Gasteiger partial charge >= 0.3 is 0 Å². The number of hydrogen-bond acceptors (Lipinski definition) is 2. The minimum atomic E-state index is 0.739. The fourth-order valence-electron chi connectivity index (χ4n) is 1.81. The summed E-state index contributed by atoms with van der Waals surface area (Å²) in [6.45, 7) is 2.27. The first-order valence-electron chi connectivity index (χ1n) is 4.31. The molecule has 1 atom stereocenters. The van der Waals surface area contributed by atoms with Gasteiger partial charge < -0.3 is 4.74 Å². The summed E-state index contributed by atoms with van der Waals surface area (Å²) in [5.74, 6) is 1.51. The van der Waals surface area contributed by atoms with Crippen LogP contribution < -0.4 is 4.74 Å². The molecule has 0 N–H and O–H groups in total. The van der Waals surface area contributed by atoms with Crippen molar-refractivity contribution >= 4 is 0 Å². The molecule has 0 bridgehead atoms. The minimum Gasteiger partial charge on any atom is -0.481 e. The summed E-state index contributed by atoms with van der Waals surface area (Å²) >= 11 is 0. The Kier molecular flexibility index (Phi) is 1.75. The number of fused-ring (bicyclic) bond motifs is 1.